The summed E-state index contributed by atoms with van der Waals surface area (Å²) >= 11 is 3.56. The quantitative estimate of drug-likeness (QED) is 0.159. The van der Waals surface area contributed by atoms with Gasteiger partial charge in [-0.1, -0.05) is 62.8 Å². The molecule has 9 heteroatoms. The van der Waals surface area contributed by atoms with Crippen molar-refractivity contribution in [1.82, 2.24) is 0 Å². The summed E-state index contributed by atoms with van der Waals surface area (Å²) in [6.07, 6.45) is 1.90. The molecule has 0 fully saturated rings. The summed E-state index contributed by atoms with van der Waals surface area (Å²) in [6, 6.07) is 19.2. The number of allylic oxidation sites excluding steroid dienone is 1. The van der Waals surface area contributed by atoms with Crippen LogP contribution < -0.4 is 9.47 Å². The van der Waals surface area contributed by atoms with Gasteiger partial charge in [0, 0.05) is 16.3 Å². The van der Waals surface area contributed by atoms with Crippen molar-refractivity contribution in [3.63, 3.8) is 0 Å². The predicted octanol–water partition coefficient (Wildman–Crippen LogP) is 6.45. The number of methoxy groups -OCH3 is 2. The van der Waals surface area contributed by atoms with Crippen LogP contribution in [0.3, 0.4) is 0 Å². The molecular formula is C28H30BrNO5S2. The zero-order valence-electron chi connectivity index (χ0n) is 21.0. The summed E-state index contributed by atoms with van der Waals surface area (Å²) in [4.78, 5) is 0.488. The van der Waals surface area contributed by atoms with Gasteiger partial charge in [0.25, 0.3) is 0 Å². The van der Waals surface area contributed by atoms with E-state index >= 15 is 0 Å². The molecule has 2 unspecified atom stereocenters. The van der Waals surface area contributed by atoms with E-state index in [9.17, 15) is 13.0 Å². The molecule has 0 bridgehead atoms. The van der Waals surface area contributed by atoms with Crippen molar-refractivity contribution in [2.75, 3.05) is 20.0 Å². The van der Waals surface area contributed by atoms with E-state index in [-0.39, 0.29) is 21.9 Å². The lowest BCUT2D eigenvalue weighted by Crippen LogP contribution is -2.38. The van der Waals surface area contributed by atoms with Gasteiger partial charge in [0.05, 0.1) is 24.4 Å². The van der Waals surface area contributed by atoms with Crippen molar-refractivity contribution in [3.05, 3.63) is 90.5 Å². The Hall–Kier alpha value is -2.46. The number of sulfone groups is 1. The molecule has 0 saturated carbocycles. The van der Waals surface area contributed by atoms with Crippen molar-refractivity contribution in [1.29, 1.82) is 0 Å². The molecule has 0 saturated heterocycles. The Morgan fingerprint density at radius 3 is 2.32 bits per heavy atom. The highest BCUT2D eigenvalue weighted by Crippen LogP contribution is 2.51. The molecule has 3 aromatic rings. The third-order valence-corrected chi connectivity index (χ3v) is 12.0. The number of ether oxygens (including phenoxy) is 2. The van der Waals surface area contributed by atoms with Crippen LogP contribution in [0.1, 0.15) is 23.5 Å². The van der Waals surface area contributed by atoms with Crippen LogP contribution in [-0.2, 0) is 19.9 Å². The highest BCUT2D eigenvalue weighted by atomic mass is 79.9. The number of hydrogen-bond acceptors (Lipinski definition) is 6. The highest BCUT2D eigenvalue weighted by Gasteiger charge is 2.45. The second kappa shape index (κ2) is 11.1. The smallest absolute Gasteiger partial charge is 0.182 e. The first kappa shape index (κ1) is 27.6. The minimum Gasteiger partial charge on any atom is -0.626 e. The largest absolute Gasteiger partial charge is 0.626 e. The molecule has 1 aliphatic rings. The van der Waals surface area contributed by atoms with Crippen LogP contribution in [0.4, 0.5) is 5.69 Å². The zero-order chi connectivity index (χ0) is 26.8. The molecule has 1 heterocycles. The van der Waals surface area contributed by atoms with Crippen LogP contribution >= 0.6 is 15.9 Å². The summed E-state index contributed by atoms with van der Waals surface area (Å²) in [5, 5.41) is -0.923. The molecule has 0 aliphatic carbocycles. The minimum absolute atomic E-state index is 0.0347. The van der Waals surface area contributed by atoms with E-state index in [2.05, 4.69) is 22.5 Å². The van der Waals surface area contributed by atoms with Crippen LogP contribution in [-0.4, -0.2) is 43.0 Å². The van der Waals surface area contributed by atoms with Gasteiger partial charge in [-0.2, -0.15) is 0 Å². The lowest BCUT2D eigenvalue weighted by Gasteiger charge is -2.37. The maximum absolute atomic E-state index is 14.6. The van der Waals surface area contributed by atoms with E-state index in [0.717, 1.165) is 0 Å². The second-order valence-electron chi connectivity index (χ2n) is 8.88. The molecule has 0 radical (unpaired) electrons. The maximum Gasteiger partial charge on any atom is 0.182 e. The summed E-state index contributed by atoms with van der Waals surface area (Å²) < 4.78 is 59.0. The average Bonchev–Trinajstić information content (AvgIpc) is 2.92. The van der Waals surface area contributed by atoms with Gasteiger partial charge in [-0.15, -0.1) is 6.58 Å². The normalized spacial score (nSPS) is 20.7. The molecule has 0 spiro atoms. The van der Waals surface area contributed by atoms with Crippen LogP contribution in [0.25, 0.3) is 0 Å². The second-order valence-corrected chi connectivity index (χ2v) is 14.5. The lowest BCUT2D eigenvalue weighted by molar-refractivity contribution is 0.387. The van der Waals surface area contributed by atoms with Crippen LogP contribution in [0, 0.1) is 6.92 Å². The van der Waals surface area contributed by atoms with Gasteiger partial charge in [-0.25, -0.2) is 8.42 Å². The van der Waals surface area contributed by atoms with Crippen LogP contribution in [0.2, 0.25) is 0 Å². The first-order chi connectivity index (χ1) is 17.7. The molecule has 196 valence electrons. The molecule has 4 atom stereocenters. The molecule has 0 aromatic heterocycles. The van der Waals surface area contributed by atoms with E-state index < -0.39 is 31.1 Å². The molecule has 0 N–H and O–H groups in total. The fraction of sp³-hybridized carbons (Fsp3) is 0.286. The molecule has 1 aliphatic heterocycles. The Morgan fingerprint density at radius 1 is 1.14 bits per heavy atom. The maximum atomic E-state index is 14.6. The molecule has 6 nitrogen and oxygen atoms in total. The third kappa shape index (κ3) is 5.27. The van der Waals surface area contributed by atoms with Crippen molar-refractivity contribution >= 4 is 41.6 Å². The Bertz CT molecular complexity index is 1440. The van der Waals surface area contributed by atoms with E-state index in [1.807, 2.05) is 31.2 Å². The molecule has 37 heavy (non-hydrogen) atoms. The van der Waals surface area contributed by atoms with Gasteiger partial charge in [0.1, 0.15) is 16.4 Å². The molecule has 0 amide bonds. The number of hydrogen-bond donors (Lipinski definition) is 0. The average molecular weight is 605 g/mol. The minimum atomic E-state index is -3.86. The number of halogens is 1. The van der Waals surface area contributed by atoms with Crippen LogP contribution in [0.15, 0.2) is 93.5 Å². The van der Waals surface area contributed by atoms with Crippen molar-refractivity contribution < 1.29 is 22.4 Å². The summed E-state index contributed by atoms with van der Waals surface area (Å²) in [7, 11) is -3.81. The van der Waals surface area contributed by atoms with Gasteiger partial charge < -0.3 is 14.0 Å². The zero-order valence-corrected chi connectivity index (χ0v) is 24.2. The number of rotatable bonds is 9. The van der Waals surface area contributed by atoms with E-state index in [1.165, 1.54) is 7.11 Å². The fourth-order valence-electron chi connectivity index (χ4n) is 4.79. The lowest BCUT2D eigenvalue weighted by atomic mass is 9.91. The van der Waals surface area contributed by atoms with E-state index in [1.54, 1.807) is 55.7 Å². The topological polar surface area (TPSA) is 88.0 Å². The number of alkyl halides is 1. The standard InChI is InChI=1S/C28H30BrNO5S2/c1-5-20(29)16-26(37(32,33)22-14-10-7-11-15-22)24-18-36(31,21-12-8-6-9-13-21)30-27-23(24)17-25(34-3)19(2)28(27)35-4/h5-15,17,20,24,26H,1,16,18H2,2-4H3/t20?,24-,26-,36?/m1/s1. The Labute approximate surface area is 228 Å². The van der Waals surface area contributed by atoms with Crippen LogP contribution in [0.5, 0.6) is 11.5 Å². The van der Waals surface area contributed by atoms with E-state index in [0.29, 0.717) is 33.2 Å². The number of benzene rings is 3. The Balaban J connectivity index is 2.03. The number of fused-ring (bicyclic) bond motifs is 1. The number of nitrogens with zero attached hydrogens (tertiary/aromatic N) is 1. The fourth-order valence-corrected chi connectivity index (χ4v) is 9.93. The highest BCUT2D eigenvalue weighted by molar-refractivity contribution is 9.09. The molecule has 4 rings (SSSR count). The molecule has 3 aromatic carbocycles. The van der Waals surface area contributed by atoms with Gasteiger partial charge in [-0.3, -0.25) is 0 Å². The summed E-state index contributed by atoms with van der Waals surface area (Å²) in [5.74, 6) is 0.359. The third-order valence-electron chi connectivity index (χ3n) is 6.70. The van der Waals surface area contributed by atoms with Gasteiger partial charge in [-0.05, 0) is 59.3 Å². The Morgan fingerprint density at radius 2 is 1.76 bits per heavy atom. The monoisotopic (exact) mass is 603 g/mol. The van der Waals surface area contributed by atoms with Crippen molar-refractivity contribution in [2.24, 2.45) is 4.36 Å². The van der Waals surface area contributed by atoms with Crippen molar-refractivity contribution in [3.8, 4) is 11.5 Å². The summed E-state index contributed by atoms with van der Waals surface area (Å²) in [6.45, 7) is 5.68. The van der Waals surface area contributed by atoms with Gasteiger partial charge in [0.2, 0.25) is 0 Å². The van der Waals surface area contributed by atoms with Crippen molar-refractivity contribution in [2.45, 2.75) is 39.1 Å². The summed E-state index contributed by atoms with van der Waals surface area (Å²) in [5.41, 5.74) is 1.75. The van der Waals surface area contributed by atoms with E-state index in [4.69, 9.17) is 13.8 Å². The first-order valence-electron chi connectivity index (χ1n) is 11.8. The molecular weight excluding hydrogens is 574 g/mol. The van der Waals surface area contributed by atoms with Gasteiger partial charge in [0.15, 0.2) is 21.3 Å². The van der Waals surface area contributed by atoms with Gasteiger partial charge >= 0.3 is 0 Å². The predicted molar refractivity (Wildman–Crippen MR) is 152 cm³/mol. The SMILES string of the molecule is C=CC(Br)C[C@H]([C@@H]1C[S+]([O-])(c2ccccc2)=Nc2c1cc(OC)c(C)c2OC)S(=O)(=O)c1ccccc1. The first-order valence-corrected chi connectivity index (χ1v) is 15.9. The Kier molecular flexibility index (Phi) is 8.28.